The second kappa shape index (κ2) is 6.29. The van der Waals surface area contributed by atoms with Gasteiger partial charge in [0.25, 0.3) is 0 Å². The molecule has 1 aromatic carbocycles. The van der Waals surface area contributed by atoms with Crippen molar-refractivity contribution in [1.29, 1.82) is 0 Å². The molecule has 1 aliphatic rings. The third-order valence-electron chi connectivity index (χ3n) is 4.27. The lowest BCUT2D eigenvalue weighted by Gasteiger charge is -2.31. The zero-order valence-electron chi connectivity index (χ0n) is 13.4. The molecule has 1 unspecified atom stereocenters. The first-order chi connectivity index (χ1) is 11.0. The minimum atomic E-state index is -0.261. The molecule has 2 aromatic rings. The molecule has 120 valence electrons. The fourth-order valence-electron chi connectivity index (χ4n) is 2.97. The lowest BCUT2D eigenvalue weighted by molar-refractivity contribution is -0.120. The second-order valence-electron chi connectivity index (χ2n) is 5.71. The molecule has 0 saturated carbocycles. The van der Waals surface area contributed by atoms with Gasteiger partial charge in [-0.15, -0.1) is 0 Å². The number of aryl methyl sites for hydroxylation is 1. The fourth-order valence-corrected chi connectivity index (χ4v) is 3.30. The molecule has 1 N–H and O–H groups in total. The van der Waals surface area contributed by atoms with E-state index in [1.807, 2.05) is 37.6 Å². The quantitative estimate of drug-likeness (QED) is 0.691. The van der Waals surface area contributed by atoms with Crippen molar-refractivity contribution in [2.75, 3.05) is 18.2 Å². The van der Waals surface area contributed by atoms with Gasteiger partial charge in [-0.3, -0.25) is 9.69 Å². The molecule has 1 aliphatic heterocycles. The highest BCUT2D eigenvalue weighted by molar-refractivity contribution is 7.98. The Morgan fingerprint density at radius 3 is 2.91 bits per heavy atom. The van der Waals surface area contributed by atoms with Gasteiger partial charge in [0.1, 0.15) is 5.82 Å². The number of hydrogen-bond donors (Lipinski definition) is 1. The van der Waals surface area contributed by atoms with Gasteiger partial charge in [0, 0.05) is 18.8 Å². The summed E-state index contributed by atoms with van der Waals surface area (Å²) in [5, 5.41) is 10.0. The van der Waals surface area contributed by atoms with Crippen LogP contribution in [0.15, 0.2) is 29.6 Å². The monoisotopic (exact) mass is 329 g/mol. The number of aliphatic hydroxyl groups is 1. The van der Waals surface area contributed by atoms with Crippen molar-refractivity contribution in [3.8, 4) is 0 Å². The minimum Gasteiger partial charge on any atom is -0.392 e. The van der Waals surface area contributed by atoms with Crippen LogP contribution in [0.5, 0.6) is 0 Å². The Balaban J connectivity index is 2.04. The molecule has 0 bridgehead atoms. The van der Waals surface area contributed by atoms with E-state index in [1.54, 1.807) is 11.9 Å². The number of anilines is 1. The van der Waals surface area contributed by atoms with E-state index in [0.717, 1.165) is 22.3 Å². The SMILES string of the molecule is CSc1ncc2c(n1)N(C)C(=O)C(c1cc(CO)ccc1C)C2. The molecular formula is C17H19N3O2S. The number of rotatable bonds is 3. The maximum absolute atomic E-state index is 12.8. The van der Waals surface area contributed by atoms with E-state index in [-0.39, 0.29) is 18.4 Å². The summed E-state index contributed by atoms with van der Waals surface area (Å²) >= 11 is 1.46. The summed E-state index contributed by atoms with van der Waals surface area (Å²) in [5.41, 5.74) is 3.82. The highest BCUT2D eigenvalue weighted by Gasteiger charge is 2.34. The van der Waals surface area contributed by atoms with Crippen LogP contribution in [0, 0.1) is 6.92 Å². The topological polar surface area (TPSA) is 66.3 Å². The third-order valence-corrected chi connectivity index (χ3v) is 4.84. The predicted octanol–water partition coefficient (Wildman–Crippen LogP) is 2.30. The first-order valence-corrected chi connectivity index (χ1v) is 8.65. The van der Waals surface area contributed by atoms with E-state index in [4.69, 9.17) is 0 Å². The largest absolute Gasteiger partial charge is 0.392 e. The van der Waals surface area contributed by atoms with Gasteiger partial charge >= 0.3 is 0 Å². The number of nitrogens with zero attached hydrogens (tertiary/aromatic N) is 3. The highest BCUT2D eigenvalue weighted by atomic mass is 32.2. The summed E-state index contributed by atoms with van der Waals surface area (Å²) in [7, 11) is 1.76. The zero-order valence-corrected chi connectivity index (χ0v) is 14.2. The number of aromatic nitrogens is 2. The molecule has 0 fully saturated rings. The molecular weight excluding hydrogens is 310 g/mol. The lowest BCUT2D eigenvalue weighted by atomic mass is 9.85. The molecule has 2 heterocycles. The van der Waals surface area contributed by atoms with Crippen LogP contribution in [0.4, 0.5) is 5.82 Å². The molecule has 0 spiro atoms. The van der Waals surface area contributed by atoms with Crippen molar-refractivity contribution in [3.05, 3.63) is 46.6 Å². The van der Waals surface area contributed by atoms with Crippen LogP contribution in [-0.4, -0.2) is 34.3 Å². The van der Waals surface area contributed by atoms with Crippen LogP contribution in [0.25, 0.3) is 0 Å². The lowest BCUT2D eigenvalue weighted by Crippen LogP contribution is -2.38. The normalized spacial score (nSPS) is 17.3. The van der Waals surface area contributed by atoms with E-state index in [9.17, 15) is 9.90 Å². The number of likely N-dealkylation sites (N-methyl/N-ethyl adjacent to an activating group) is 1. The Morgan fingerprint density at radius 1 is 1.43 bits per heavy atom. The summed E-state index contributed by atoms with van der Waals surface area (Å²) < 4.78 is 0. The molecule has 1 aromatic heterocycles. The molecule has 1 amide bonds. The Hall–Kier alpha value is -1.92. The average molecular weight is 329 g/mol. The zero-order chi connectivity index (χ0) is 16.6. The second-order valence-corrected chi connectivity index (χ2v) is 6.48. The number of thioether (sulfide) groups is 1. The summed E-state index contributed by atoms with van der Waals surface area (Å²) in [6.07, 6.45) is 4.32. The number of carbonyl (C=O) groups is 1. The highest BCUT2D eigenvalue weighted by Crippen LogP contribution is 2.35. The maximum Gasteiger partial charge on any atom is 0.235 e. The Labute approximate surface area is 139 Å². The van der Waals surface area contributed by atoms with E-state index in [0.29, 0.717) is 17.4 Å². The van der Waals surface area contributed by atoms with E-state index >= 15 is 0 Å². The molecule has 5 nitrogen and oxygen atoms in total. The Morgan fingerprint density at radius 2 is 2.22 bits per heavy atom. The van der Waals surface area contributed by atoms with Gasteiger partial charge in [0.2, 0.25) is 5.91 Å². The standard InChI is InChI=1S/C17H19N3O2S/c1-10-4-5-11(9-21)6-13(10)14-7-12-8-18-17(23-3)19-15(12)20(2)16(14)22/h4-6,8,14,21H,7,9H2,1-3H3. The molecule has 3 rings (SSSR count). The van der Waals surface area contributed by atoms with E-state index in [1.165, 1.54) is 11.8 Å². The summed E-state index contributed by atoms with van der Waals surface area (Å²) in [5.74, 6) is 0.464. The molecule has 0 saturated heterocycles. The van der Waals surface area contributed by atoms with Crippen molar-refractivity contribution in [3.63, 3.8) is 0 Å². The molecule has 1 atom stereocenters. The van der Waals surface area contributed by atoms with Gasteiger partial charge in [-0.1, -0.05) is 30.0 Å². The van der Waals surface area contributed by atoms with Crippen molar-refractivity contribution in [2.24, 2.45) is 0 Å². The molecule has 6 heteroatoms. The van der Waals surface area contributed by atoms with Crippen molar-refractivity contribution in [1.82, 2.24) is 9.97 Å². The van der Waals surface area contributed by atoms with Crippen LogP contribution in [0.2, 0.25) is 0 Å². The van der Waals surface area contributed by atoms with Crippen LogP contribution in [-0.2, 0) is 17.8 Å². The van der Waals surface area contributed by atoms with Crippen LogP contribution >= 0.6 is 11.8 Å². The van der Waals surface area contributed by atoms with Gasteiger partial charge in [-0.2, -0.15) is 0 Å². The molecule has 0 radical (unpaired) electrons. The van der Waals surface area contributed by atoms with Gasteiger partial charge in [-0.05, 0) is 36.3 Å². The smallest absolute Gasteiger partial charge is 0.235 e. The number of amides is 1. The first kappa shape index (κ1) is 16.0. The summed E-state index contributed by atoms with van der Waals surface area (Å²) in [6, 6.07) is 5.77. The average Bonchev–Trinajstić information content (AvgIpc) is 2.58. The van der Waals surface area contributed by atoms with Crippen molar-refractivity contribution < 1.29 is 9.90 Å². The minimum absolute atomic E-state index is 0.0270. The van der Waals surface area contributed by atoms with Crippen molar-refractivity contribution >= 4 is 23.5 Å². The predicted molar refractivity (Wildman–Crippen MR) is 90.8 cm³/mol. The fraction of sp³-hybridized carbons (Fsp3) is 0.353. The first-order valence-electron chi connectivity index (χ1n) is 7.43. The molecule has 0 aliphatic carbocycles. The van der Waals surface area contributed by atoms with Crippen LogP contribution < -0.4 is 4.90 Å². The van der Waals surface area contributed by atoms with Crippen LogP contribution in [0.1, 0.15) is 28.2 Å². The Kier molecular flexibility index (Phi) is 4.37. The number of carbonyl (C=O) groups excluding carboxylic acids is 1. The summed E-state index contributed by atoms with van der Waals surface area (Å²) in [6.45, 7) is 1.97. The third kappa shape index (κ3) is 2.84. The number of hydrogen-bond acceptors (Lipinski definition) is 5. The number of aliphatic hydroxyl groups excluding tert-OH is 1. The van der Waals surface area contributed by atoms with Crippen LogP contribution in [0.3, 0.4) is 0 Å². The molecule has 23 heavy (non-hydrogen) atoms. The van der Waals surface area contributed by atoms with E-state index < -0.39 is 0 Å². The number of benzene rings is 1. The van der Waals surface area contributed by atoms with Gasteiger partial charge in [0.15, 0.2) is 5.16 Å². The van der Waals surface area contributed by atoms with E-state index in [2.05, 4.69) is 9.97 Å². The summed E-state index contributed by atoms with van der Waals surface area (Å²) in [4.78, 5) is 23.2. The maximum atomic E-state index is 12.8. The van der Waals surface area contributed by atoms with Gasteiger partial charge in [-0.25, -0.2) is 9.97 Å². The van der Waals surface area contributed by atoms with Crippen molar-refractivity contribution in [2.45, 2.75) is 31.0 Å². The van der Waals surface area contributed by atoms with Gasteiger partial charge < -0.3 is 5.11 Å². The number of fused-ring (bicyclic) bond motifs is 1. The Bertz CT molecular complexity index is 763. The van der Waals surface area contributed by atoms with Gasteiger partial charge in [0.05, 0.1) is 12.5 Å².